The molecular weight excluding hydrogens is 240 g/mol. The van der Waals surface area contributed by atoms with E-state index in [-0.39, 0.29) is 12.2 Å². The van der Waals surface area contributed by atoms with Crippen LogP contribution in [-0.2, 0) is 19.4 Å². The Kier molecular flexibility index (Phi) is 4.41. The summed E-state index contributed by atoms with van der Waals surface area (Å²) in [4.78, 5) is 20.4. The Bertz CT molecular complexity index is 545. The molecule has 0 bridgehead atoms. The molecule has 0 fully saturated rings. The van der Waals surface area contributed by atoms with Crippen LogP contribution in [0.5, 0.6) is 0 Å². The van der Waals surface area contributed by atoms with Crippen LogP contribution in [0.15, 0.2) is 30.9 Å². The molecule has 2 aromatic rings. The van der Waals surface area contributed by atoms with E-state index in [1.165, 1.54) is 5.56 Å². The first-order valence-electron chi connectivity index (χ1n) is 6.41. The molecule has 0 aromatic carbocycles. The molecule has 2 aromatic heterocycles. The molecule has 0 atom stereocenters. The fourth-order valence-electron chi connectivity index (χ4n) is 1.80. The maximum absolute atomic E-state index is 12.0. The van der Waals surface area contributed by atoms with Crippen molar-refractivity contribution in [1.29, 1.82) is 0 Å². The van der Waals surface area contributed by atoms with Crippen LogP contribution in [0.3, 0.4) is 0 Å². The van der Waals surface area contributed by atoms with Gasteiger partial charge in [0, 0.05) is 31.2 Å². The van der Waals surface area contributed by atoms with Gasteiger partial charge in [0.1, 0.15) is 5.69 Å². The van der Waals surface area contributed by atoms with Gasteiger partial charge in [-0.25, -0.2) is 4.98 Å². The Balaban J connectivity index is 2.02. The smallest absolute Gasteiger partial charge is 0.188 e. The molecule has 0 aliphatic rings. The van der Waals surface area contributed by atoms with E-state index in [2.05, 4.69) is 16.9 Å². The first-order valence-corrected chi connectivity index (χ1v) is 6.41. The zero-order valence-corrected chi connectivity index (χ0v) is 11.0. The second-order valence-corrected chi connectivity index (χ2v) is 4.40. The fourth-order valence-corrected chi connectivity index (χ4v) is 1.80. The molecule has 0 aliphatic heterocycles. The van der Waals surface area contributed by atoms with Crippen LogP contribution in [0.4, 0.5) is 0 Å². The van der Waals surface area contributed by atoms with Crippen LogP contribution in [0, 0.1) is 0 Å². The number of imidazole rings is 1. The van der Waals surface area contributed by atoms with Crippen LogP contribution in [0.25, 0.3) is 0 Å². The second-order valence-electron chi connectivity index (χ2n) is 4.40. The SMILES string of the molecule is CCc1ccc(CC(=O)c2cn(CCN)cn2)nc1. The summed E-state index contributed by atoms with van der Waals surface area (Å²) in [5.74, 6) is -0.0208. The van der Waals surface area contributed by atoms with Crippen molar-refractivity contribution in [2.24, 2.45) is 5.73 Å². The van der Waals surface area contributed by atoms with Gasteiger partial charge in [-0.1, -0.05) is 13.0 Å². The first-order chi connectivity index (χ1) is 9.22. The summed E-state index contributed by atoms with van der Waals surface area (Å²) in [6.07, 6.45) is 6.41. The number of carbonyl (C=O) groups excluding carboxylic acids is 1. The average molecular weight is 258 g/mol. The summed E-state index contributed by atoms with van der Waals surface area (Å²) in [5, 5.41) is 0. The maximum atomic E-state index is 12.0. The van der Waals surface area contributed by atoms with Crippen molar-refractivity contribution in [3.63, 3.8) is 0 Å². The van der Waals surface area contributed by atoms with Crippen molar-refractivity contribution in [2.45, 2.75) is 26.3 Å². The molecule has 5 heteroatoms. The number of hydrogen-bond acceptors (Lipinski definition) is 4. The zero-order chi connectivity index (χ0) is 13.7. The molecule has 0 spiro atoms. The number of aryl methyl sites for hydroxylation is 1. The Morgan fingerprint density at radius 2 is 2.21 bits per heavy atom. The van der Waals surface area contributed by atoms with Gasteiger partial charge in [0.15, 0.2) is 5.78 Å². The Morgan fingerprint density at radius 3 is 2.84 bits per heavy atom. The van der Waals surface area contributed by atoms with Crippen molar-refractivity contribution in [1.82, 2.24) is 14.5 Å². The number of nitrogens with zero attached hydrogens (tertiary/aromatic N) is 3. The Labute approximate surface area is 112 Å². The third-order valence-electron chi connectivity index (χ3n) is 2.94. The molecule has 2 N–H and O–H groups in total. The molecule has 2 rings (SSSR count). The maximum Gasteiger partial charge on any atom is 0.188 e. The molecule has 0 amide bonds. The Morgan fingerprint density at radius 1 is 1.37 bits per heavy atom. The molecule has 0 radical (unpaired) electrons. The number of hydrogen-bond donors (Lipinski definition) is 1. The van der Waals surface area contributed by atoms with E-state index < -0.39 is 0 Å². The van der Waals surface area contributed by atoms with Gasteiger partial charge in [-0.3, -0.25) is 9.78 Å². The predicted octanol–water partition coefficient (Wildman–Crippen LogP) is 1.22. The normalized spacial score (nSPS) is 10.6. The van der Waals surface area contributed by atoms with Crippen molar-refractivity contribution in [2.75, 3.05) is 6.54 Å². The molecule has 2 heterocycles. The number of carbonyl (C=O) groups is 1. The van der Waals surface area contributed by atoms with Gasteiger partial charge in [0.2, 0.25) is 0 Å². The van der Waals surface area contributed by atoms with Crippen LogP contribution >= 0.6 is 0 Å². The number of nitrogens with two attached hydrogens (primary N) is 1. The van der Waals surface area contributed by atoms with Crippen LogP contribution in [0.1, 0.15) is 28.7 Å². The standard InChI is InChI=1S/C14H18N4O/c1-2-11-3-4-12(16-8-11)7-14(19)13-9-18(6-5-15)10-17-13/h3-4,8-10H,2,5-7,15H2,1H3. The number of ketones is 1. The van der Waals surface area contributed by atoms with Gasteiger partial charge in [-0.05, 0) is 18.1 Å². The quantitative estimate of drug-likeness (QED) is 0.791. The molecule has 0 saturated heterocycles. The molecule has 5 nitrogen and oxygen atoms in total. The highest BCUT2D eigenvalue weighted by molar-refractivity contribution is 5.95. The van der Waals surface area contributed by atoms with Crippen molar-refractivity contribution in [3.8, 4) is 0 Å². The highest BCUT2D eigenvalue weighted by Crippen LogP contribution is 2.06. The highest BCUT2D eigenvalue weighted by Gasteiger charge is 2.11. The first kappa shape index (κ1) is 13.4. The van der Waals surface area contributed by atoms with Gasteiger partial charge in [0.25, 0.3) is 0 Å². The fraction of sp³-hybridized carbons (Fsp3) is 0.357. The third-order valence-corrected chi connectivity index (χ3v) is 2.94. The minimum absolute atomic E-state index is 0.0208. The number of Topliss-reactive ketones (excluding diaryl/α,β-unsaturated/α-hetero) is 1. The lowest BCUT2D eigenvalue weighted by Crippen LogP contribution is -2.08. The molecule has 0 unspecified atom stereocenters. The van der Waals surface area contributed by atoms with E-state index in [1.807, 2.05) is 22.9 Å². The minimum atomic E-state index is -0.0208. The summed E-state index contributed by atoms with van der Waals surface area (Å²) in [6, 6.07) is 3.90. The summed E-state index contributed by atoms with van der Waals surface area (Å²) < 4.78 is 1.82. The topological polar surface area (TPSA) is 73.8 Å². The van der Waals surface area contributed by atoms with Gasteiger partial charge < -0.3 is 10.3 Å². The minimum Gasteiger partial charge on any atom is -0.335 e. The van der Waals surface area contributed by atoms with E-state index in [4.69, 9.17) is 5.73 Å². The number of aromatic nitrogens is 3. The largest absolute Gasteiger partial charge is 0.335 e. The zero-order valence-electron chi connectivity index (χ0n) is 11.0. The second kappa shape index (κ2) is 6.24. The predicted molar refractivity (Wildman–Crippen MR) is 72.9 cm³/mol. The van der Waals surface area contributed by atoms with E-state index in [1.54, 1.807) is 12.5 Å². The van der Waals surface area contributed by atoms with Crippen molar-refractivity contribution in [3.05, 3.63) is 47.8 Å². The number of rotatable bonds is 6. The highest BCUT2D eigenvalue weighted by atomic mass is 16.1. The van der Waals surface area contributed by atoms with E-state index in [0.29, 0.717) is 18.8 Å². The summed E-state index contributed by atoms with van der Waals surface area (Å²) in [6.45, 7) is 3.28. The average Bonchev–Trinajstić information content (AvgIpc) is 2.89. The van der Waals surface area contributed by atoms with Crippen molar-refractivity contribution < 1.29 is 4.79 Å². The molecule has 100 valence electrons. The lowest BCUT2D eigenvalue weighted by molar-refractivity contribution is 0.0987. The van der Waals surface area contributed by atoms with Crippen LogP contribution in [0.2, 0.25) is 0 Å². The van der Waals surface area contributed by atoms with Gasteiger partial charge in [-0.2, -0.15) is 0 Å². The lowest BCUT2D eigenvalue weighted by Gasteiger charge is -2.00. The summed E-state index contributed by atoms with van der Waals surface area (Å²) in [5.41, 5.74) is 7.86. The third kappa shape index (κ3) is 3.48. The van der Waals surface area contributed by atoms with E-state index in [9.17, 15) is 4.79 Å². The molecule has 0 saturated carbocycles. The van der Waals surface area contributed by atoms with Crippen LogP contribution in [-0.4, -0.2) is 26.9 Å². The molecular formula is C14H18N4O. The molecule has 19 heavy (non-hydrogen) atoms. The lowest BCUT2D eigenvalue weighted by atomic mass is 10.1. The Hall–Kier alpha value is -2.01. The van der Waals surface area contributed by atoms with E-state index in [0.717, 1.165) is 12.1 Å². The monoisotopic (exact) mass is 258 g/mol. The van der Waals surface area contributed by atoms with Gasteiger partial charge in [0.05, 0.1) is 12.7 Å². The summed E-state index contributed by atoms with van der Waals surface area (Å²) in [7, 11) is 0. The molecule has 0 aliphatic carbocycles. The van der Waals surface area contributed by atoms with Gasteiger partial charge in [-0.15, -0.1) is 0 Å². The van der Waals surface area contributed by atoms with E-state index >= 15 is 0 Å². The van der Waals surface area contributed by atoms with Gasteiger partial charge >= 0.3 is 0 Å². The van der Waals surface area contributed by atoms with Crippen molar-refractivity contribution >= 4 is 5.78 Å². The summed E-state index contributed by atoms with van der Waals surface area (Å²) >= 11 is 0. The van der Waals surface area contributed by atoms with Crippen LogP contribution < -0.4 is 5.73 Å². The number of pyridine rings is 1.